The highest BCUT2D eigenvalue weighted by Crippen LogP contribution is 2.44. The highest BCUT2D eigenvalue weighted by Gasteiger charge is 2.52. The predicted molar refractivity (Wildman–Crippen MR) is 128 cm³/mol. The minimum absolute atomic E-state index is 0.135. The molecule has 2 aromatic rings. The molecule has 2 aliphatic rings. The van der Waals surface area contributed by atoms with Gasteiger partial charge in [-0.2, -0.15) is 0 Å². The van der Waals surface area contributed by atoms with Gasteiger partial charge in [-0.05, 0) is 43.2 Å². The van der Waals surface area contributed by atoms with Crippen molar-refractivity contribution in [1.29, 1.82) is 0 Å². The zero-order valence-corrected chi connectivity index (χ0v) is 20.7. The third-order valence-electron chi connectivity index (χ3n) is 5.93. The molecule has 0 radical (unpaired) electrons. The Morgan fingerprint density at radius 3 is 2.22 bits per heavy atom. The monoisotopic (exact) mass is 564 g/mol. The number of methoxy groups -OCH3 is 2. The quantitative estimate of drug-likeness (QED) is 0.429. The van der Waals surface area contributed by atoms with Gasteiger partial charge >= 0.3 is 0 Å². The third kappa shape index (κ3) is 4.15. The van der Waals surface area contributed by atoms with Crippen molar-refractivity contribution in [1.82, 2.24) is 0 Å². The van der Waals surface area contributed by atoms with Crippen molar-refractivity contribution in [2.75, 3.05) is 24.4 Å². The number of nitrogens with one attached hydrogen (secondary N) is 1. The molecule has 2 fully saturated rings. The summed E-state index contributed by atoms with van der Waals surface area (Å²) in [6.45, 7) is 0. The highest BCUT2D eigenvalue weighted by molar-refractivity contribution is 9.12. The Bertz CT molecular complexity index is 1050. The van der Waals surface area contributed by atoms with Gasteiger partial charge in [0.2, 0.25) is 11.8 Å². The van der Waals surface area contributed by atoms with E-state index in [2.05, 4.69) is 37.2 Å². The molecule has 1 saturated carbocycles. The Balaban J connectivity index is 1.59. The number of hydrogen-bond donors (Lipinski definition) is 1. The highest BCUT2D eigenvalue weighted by atomic mass is 79.9. The van der Waals surface area contributed by atoms with Crippen LogP contribution >= 0.6 is 31.9 Å². The van der Waals surface area contributed by atoms with Gasteiger partial charge in [0.25, 0.3) is 5.91 Å². The van der Waals surface area contributed by atoms with E-state index in [1.54, 1.807) is 42.5 Å². The molecule has 2 aromatic carbocycles. The number of fused-ring (bicyclic) bond motifs is 1. The number of halogens is 2. The Morgan fingerprint density at radius 2 is 1.62 bits per heavy atom. The SMILES string of the molecule is COc1ccc(OC)c(NC(=O)c2cccc(N3C(=O)[C@@H]4C[C@H](Br)[C@@H](Br)C[C@H]4C3=O)c2)c1. The van der Waals surface area contributed by atoms with Gasteiger partial charge in [0.05, 0.1) is 37.4 Å². The van der Waals surface area contributed by atoms with Gasteiger partial charge in [-0.15, -0.1) is 0 Å². The normalized spacial score (nSPS) is 24.8. The van der Waals surface area contributed by atoms with Crippen LogP contribution in [0.15, 0.2) is 42.5 Å². The summed E-state index contributed by atoms with van der Waals surface area (Å²) in [7, 11) is 3.05. The summed E-state index contributed by atoms with van der Waals surface area (Å²) in [6, 6.07) is 11.6. The van der Waals surface area contributed by atoms with Crippen LogP contribution in [0.1, 0.15) is 23.2 Å². The molecule has 9 heteroatoms. The van der Waals surface area contributed by atoms with E-state index in [1.165, 1.54) is 19.1 Å². The van der Waals surface area contributed by atoms with Crippen LogP contribution in [0, 0.1) is 11.8 Å². The smallest absolute Gasteiger partial charge is 0.255 e. The number of nitrogens with zero attached hydrogens (tertiary/aromatic N) is 1. The van der Waals surface area contributed by atoms with E-state index in [1.807, 2.05) is 0 Å². The van der Waals surface area contributed by atoms with Crippen molar-refractivity contribution in [2.45, 2.75) is 22.5 Å². The van der Waals surface area contributed by atoms with Gasteiger partial charge in [-0.25, -0.2) is 0 Å². The van der Waals surface area contributed by atoms with E-state index in [0.717, 1.165) is 0 Å². The molecule has 0 aromatic heterocycles. The van der Waals surface area contributed by atoms with E-state index < -0.39 is 5.91 Å². The molecule has 0 spiro atoms. The second kappa shape index (κ2) is 9.23. The molecule has 4 atom stereocenters. The van der Waals surface area contributed by atoms with E-state index in [9.17, 15) is 14.4 Å². The number of carbonyl (C=O) groups excluding carboxylic acids is 3. The largest absolute Gasteiger partial charge is 0.497 e. The zero-order valence-electron chi connectivity index (χ0n) is 17.5. The Labute approximate surface area is 202 Å². The second-order valence-electron chi connectivity index (χ2n) is 7.80. The minimum Gasteiger partial charge on any atom is -0.497 e. The first-order valence-electron chi connectivity index (χ1n) is 10.1. The van der Waals surface area contributed by atoms with Gasteiger partial charge in [0.15, 0.2) is 0 Å². The lowest BCUT2D eigenvalue weighted by atomic mass is 9.81. The summed E-state index contributed by atoms with van der Waals surface area (Å²) in [6.07, 6.45) is 1.19. The molecule has 32 heavy (non-hydrogen) atoms. The lowest BCUT2D eigenvalue weighted by Crippen LogP contribution is -2.34. The van der Waals surface area contributed by atoms with Crippen molar-refractivity contribution < 1.29 is 23.9 Å². The van der Waals surface area contributed by atoms with Crippen molar-refractivity contribution in [3.8, 4) is 11.5 Å². The topological polar surface area (TPSA) is 84.9 Å². The summed E-state index contributed by atoms with van der Waals surface area (Å²) in [4.78, 5) is 40.6. The van der Waals surface area contributed by atoms with E-state index >= 15 is 0 Å². The fraction of sp³-hybridized carbons (Fsp3) is 0.348. The summed E-state index contributed by atoms with van der Waals surface area (Å²) in [5.74, 6) is -0.458. The first-order valence-corrected chi connectivity index (χ1v) is 12.0. The fourth-order valence-corrected chi connectivity index (χ4v) is 5.48. The minimum atomic E-state index is -0.393. The number of carbonyl (C=O) groups is 3. The van der Waals surface area contributed by atoms with Gasteiger partial charge in [0.1, 0.15) is 11.5 Å². The molecule has 3 amide bonds. The van der Waals surface area contributed by atoms with Crippen molar-refractivity contribution in [3.05, 3.63) is 48.0 Å². The molecule has 1 N–H and O–H groups in total. The molecular formula is C23H22Br2N2O5. The van der Waals surface area contributed by atoms with Crippen LogP contribution in [0.25, 0.3) is 0 Å². The van der Waals surface area contributed by atoms with Gasteiger partial charge in [0, 0.05) is 21.3 Å². The van der Waals surface area contributed by atoms with E-state index in [4.69, 9.17) is 9.47 Å². The Morgan fingerprint density at radius 1 is 0.969 bits per heavy atom. The predicted octanol–water partition coefficient (Wildman–Crippen LogP) is 4.38. The lowest BCUT2D eigenvalue weighted by Gasteiger charge is -2.29. The number of hydrogen-bond acceptors (Lipinski definition) is 5. The van der Waals surface area contributed by atoms with Gasteiger partial charge in [-0.3, -0.25) is 19.3 Å². The average molecular weight is 566 g/mol. The summed E-state index contributed by atoms with van der Waals surface area (Å²) in [5, 5.41) is 2.81. The molecule has 4 rings (SSSR count). The Kier molecular flexibility index (Phi) is 6.57. The molecule has 1 aliphatic carbocycles. The molecule has 1 heterocycles. The fourth-order valence-electron chi connectivity index (χ4n) is 4.24. The number of benzene rings is 2. The van der Waals surface area contributed by atoms with Crippen molar-refractivity contribution in [2.24, 2.45) is 11.8 Å². The third-order valence-corrected chi connectivity index (χ3v) is 8.67. The average Bonchev–Trinajstić information content (AvgIpc) is 3.03. The van der Waals surface area contributed by atoms with Gasteiger partial charge < -0.3 is 14.8 Å². The maximum atomic E-state index is 13.1. The second-order valence-corrected chi connectivity index (χ2v) is 10.2. The summed E-state index contributed by atoms with van der Waals surface area (Å²) < 4.78 is 10.5. The zero-order chi connectivity index (χ0) is 23.0. The van der Waals surface area contributed by atoms with Crippen LogP contribution in [-0.4, -0.2) is 41.6 Å². The first kappa shape index (κ1) is 22.8. The number of ether oxygens (including phenoxy) is 2. The Hall–Kier alpha value is -2.39. The van der Waals surface area contributed by atoms with E-state index in [0.29, 0.717) is 41.3 Å². The number of amides is 3. The number of anilines is 2. The molecule has 1 aliphatic heterocycles. The number of alkyl halides is 2. The summed E-state index contributed by atoms with van der Waals surface area (Å²) >= 11 is 7.19. The van der Waals surface area contributed by atoms with Gasteiger partial charge in [-0.1, -0.05) is 37.9 Å². The number of rotatable bonds is 5. The van der Waals surface area contributed by atoms with Crippen LogP contribution in [0.5, 0.6) is 11.5 Å². The van der Waals surface area contributed by atoms with E-state index in [-0.39, 0.29) is 33.3 Å². The van der Waals surface area contributed by atoms with Crippen LogP contribution in [0.4, 0.5) is 11.4 Å². The molecule has 7 nitrogen and oxygen atoms in total. The maximum absolute atomic E-state index is 13.1. The van der Waals surface area contributed by atoms with Crippen LogP contribution in [0.3, 0.4) is 0 Å². The molecule has 168 valence electrons. The molecule has 0 bridgehead atoms. The molecule has 1 saturated heterocycles. The van der Waals surface area contributed by atoms with Crippen LogP contribution in [0.2, 0.25) is 0 Å². The summed E-state index contributed by atoms with van der Waals surface area (Å²) in [5.41, 5.74) is 1.17. The number of imide groups is 1. The maximum Gasteiger partial charge on any atom is 0.255 e. The van der Waals surface area contributed by atoms with Crippen LogP contribution in [-0.2, 0) is 9.59 Å². The molecular weight excluding hydrogens is 544 g/mol. The van der Waals surface area contributed by atoms with Crippen molar-refractivity contribution in [3.63, 3.8) is 0 Å². The first-order chi connectivity index (χ1) is 15.3. The van der Waals surface area contributed by atoms with Crippen molar-refractivity contribution >= 4 is 61.0 Å². The standard InChI is InChI=1S/C23H22Br2N2O5/c1-31-14-6-7-20(32-2)19(9-14)26-21(28)12-4-3-5-13(8-12)27-22(29)15-10-17(24)18(25)11-16(15)23(27)30/h3-9,15-18H,10-11H2,1-2H3,(H,26,28)/t15-,16-,17+,18+/m1/s1. The molecule has 0 unspecified atom stereocenters. The lowest BCUT2D eigenvalue weighted by molar-refractivity contribution is -0.122. The van der Waals surface area contributed by atoms with Crippen LogP contribution < -0.4 is 19.7 Å².